The van der Waals surface area contributed by atoms with E-state index in [-0.39, 0.29) is 0 Å². The lowest BCUT2D eigenvalue weighted by molar-refractivity contribution is -0.166. The standard InChI is InChI=1S/C12H10F2N2O2/c13-12(14,11(17)18)10-6-15-16(8-10)7-9-4-2-1-3-5-9/h1-6,8H,7H2,(H,17,18). The van der Waals surface area contributed by atoms with Crippen LogP contribution in [-0.4, -0.2) is 20.9 Å². The van der Waals surface area contributed by atoms with E-state index in [1.807, 2.05) is 30.3 Å². The lowest BCUT2D eigenvalue weighted by atomic mass is 10.2. The Kier molecular flexibility index (Phi) is 3.10. The van der Waals surface area contributed by atoms with Gasteiger partial charge in [0.05, 0.1) is 18.3 Å². The fraction of sp³-hybridized carbons (Fsp3) is 0.167. The van der Waals surface area contributed by atoms with Crippen molar-refractivity contribution < 1.29 is 18.7 Å². The second-order valence-corrected chi connectivity index (χ2v) is 3.79. The number of aliphatic carboxylic acids is 1. The van der Waals surface area contributed by atoms with Gasteiger partial charge in [-0.1, -0.05) is 30.3 Å². The fourth-order valence-corrected chi connectivity index (χ4v) is 1.51. The van der Waals surface area contributed by atoms with Crippen LogP contribution in [0.25, 0.3) is 0 Å². The van der Waals surface area contributed by atoms with E-state index in [9.17, 15) is 13.6 Å². The molecule has 4 nitrogen and oxygen atoms in total. The van der Waals surface area contributed by atoms with Gasteiger partial charge < -0.3 is 5.11 Å². The summed E-state index contributed by atoms with van der Waals surface area (Å²) >= 11 is 0. The van der Waals surface area contributed by atoms with Crippen LogP contribution in [0.3, 0.4) is 0 Å². The highest BCUT2D eigenvalue weighted by Gasteiger charge is 2.42. The van der Waals surface area contributed by atoms with Crippen LogP contribution >= 0.6 is 0 Å². The first-order chi connectivity index (χ1) is 8.50. The zero-order chi connectivity index (χ0) is 13.2. The molecule has 1 aromatic carbocycles. The number of aromatic nitrogens is 2. The van der Waals surface area contributed by atoms with Gasteiger partial charge in [-0.15, -0.1) is 0 Å². The highest BCUT2D eigenvalue weighted by atomic mass is 19.3. The Hall–Kier alpha value is -2.24. The number of nitrogens with zero attached hydrogens (tertiary/aromatic N) is 2. The maximum absolute atomic E-state index is 13.2. The molecule has 0 fully saturated rings. The van der Waals surface area contributed by atoms with Crippen LogP contribution in [0.4, 0.5) is 8.78 Å². The van der Waals surface area contributed by atoms with Gasteiger partial charge in [0.2, 0.25) is 0 Å². The summed E-state index contributed by atoms with van der Waals surface area (Å²) in [6.45, 7) is 0.316. The minimum absolute atomic E-state index is 0.316. The maximum Gasteiger partial charge on any atom is 0.379 e. The molecular weight excluding hydrogens is 242 g/mol. The van der Waals surface area contributed by atoms with Crippen molar-refractivity contribution in [2.45, 2.75) is 12.5 Å². The zero-order valence-corrected chi connectivity index (χ0v) is 9.25. The Labute approximate surface area is 101 Å². The molecule has 1 aromatic heterocycles. The molecule has 2 aromatic rings. The molecule has 0 amide bonds. The molecule has 0 aliphatic heterocycles. The van der Waals surface area contributed by atoms with E-state index in [1.165, 1.54) is 4.68 Å². The van der Waals surface area contributed by atoms with Crippen molar-refractivity contribution in [3.05, 3.63) is 53.9 Å². The minimum atomic E-state index is -3.91. The lowest BCUT2D eigenvalue weighted by Gasteiger charge is -2.07. The van der Waals surface area contributed by atoms with Gasteiger partial charge in [0.15, 0.2) is 0 Å². The van der Waals surface area contributed by atoms with Gasteiger partial charge in [0.25, 0.3) is 0 Å². The molecule has 0 radical (unpaired) electrons. The molecule has 6 heteroatoms. The number of hydrogen-bond donors (Lipinski definition) is 1. The summed E-state index contributed by atoms with van der Waals surface area (Å²) < 4.78 is 27.6. The van der Waals surface area contributed by atoms with Crippen LogP contribution in [0.5, 0.6) is 0 Å². The van der Waals surface area contributed by atoms with Crippen LogP contribution < -0.4 is 0 Å². The lowest BCUT2D eigenvalue weighted by Crippen LogP contribution is -2.24. The molecular formula is C12H10F2N2O2. The summed E-state index contributed by atoms with van der Waals surface area (Å²) in [5, 5.41) is 12.1. The third-order valence-electron chi connectivity index (χ3n) is 2.45. The van der Waals surface area contributed by atoms with Gasteiger partial charge in [-0.2, -0.15) is 13.9 Å². The summed E-state index contributed by atoms with van der Waals surface area (Å²) in [7, 11) is 0. The summed E-state index contributed by atoms with van der Waals surface area (Å²) in [5.74, 6) is -6.09. The molecule has 1 N–H and O–H groups in total. The molecule has 1 heterocycles. The van der Waals surface area contributed by atoms with E-state index in [4.69, 9.17) is 5.11 Å². The van der Waals surface area contributed by atoms with Crippen LogP contribution in [0.1, 0.15) is 11.1 Å². The van der Waals surface area contributed by atoms with Crippen molar-refractivity contribution in [1.82, 2.24) is 9.78 Å². The Bertz CT molecular complexity index is 552. The number of carbonyl (C=O) groups is 1. The largest absolute Gasteiger partial charge is 0.477 e. The summed E-state index contributed by atoms with van der Waals surface area (Å²) in [4.78, 5) is 10.4. The molecule has 0 bridgehead atoms. The molecule has 0 spiro atoms. The average molecular weight is 252 g/mol. The number of halogens is 2. The van der Waals surface area contributed by atoms with Gasteiger partial charge in [-0.25, -0.2) is 4.79 Å². The molecule has 2 rings (SSSR count). The number of rotatable bonds is 4. The molecule has 0 aliphatic rings. The number of carboxylic acids is 1. The van der Waals surface area contributed by atoms with E-state index in [0.29, 0.717) is 6.54 Å². The first-order valence-electron chi connectivity index (χ1n) is 5.18. The Balaban J connectivity index is 2.19. The highest BCUT2D eigenvalue weighted by Crippen LogP contribution is 2.27. The topological polar surface area (TPSA) is 55.1 Å². The van der Waals surface area contributed by atoms with Crippen molar-refractivity contribution >= 4 is 5.97 Å². The molecule has 0 saturated carbocycles. The van der Waals surface area contributed by atoms with Gasteiger partial charge in [-0.3, -0.25) is 4.68 Å². The van der Waals surface area contributed by atoms with E-state index < -0.39 is 17.5 Å². The predicted molar refractivity (Wildman–Crippen MR) is 59.3 cm³/mol. The Morgan fingerprint density at radius 2 is 2.00 bits per heavy atom. The van der Waals surface area contributed by atoms with Crippen LogP contribution in [0.2, 0.25) is 0 Å². The van der Waals surface area contributed by atoms with Gasteiger partial charge in [0, 0.05) is 6.20 Å². The van der Waals surface area contributed by atoms with Crippen LogP contribution in [0, 0.1) is 0 Å². The van der Waals surface area contributed by atoms with Gasteiger partial charge in [0.1, 0.15) is 0 Å². The fourth-order valence-electron chi connectivity index (χ4n) is 1.51. The Morgan fingerprint density at radius 1 is 1.33 bits per heavy atom. The summed E-state index contributed by atoms with van der Waals surface area (Å²) in [6, 6.07) is 9.15. The van der Waals surface area contributed by atoms with E-state index in [0.717, 1.165) is 18.0 Å². The minimum Gasteiger partial charge on any atom is -0.477 e. The van der Waals surface area contributed by atoms with E-state index in [1.54, 1.807) is 0 Å². The van der Waals surface area contributed by atoms with Gasteiger partial charge in [-0.05, 0) is 5.56 Å². The van der Waals surface area contributed by atoms with Crippen molar-refractivity contribution in [1.29, 1.82) is 0 Å². The Morgan fingerprint density at radius 3 is 2.61 bits per heavy atom. The molecule has 0 unspecified atom stereocenters. The van der Waals surface area contributed by atoms with Crippen molar-refractivity contribution in [3.63, 3.8) is 0 Å². The molecule has 0 aliphatic carbocycles. The number of benzene rings is 1. The number of alkyl halides is 2. The third kappa shape index (κ3) is 2.37. The molecule has 18 heavy (non-hydrogen) atoms. The molecule has 94 valence electrons. The average Bonchev–Trinajstić information content (AvgIpc) is 2.79. The van der Waals surface area contributed by atoms with Crippen LogP contribution in [-0.2, 0) is 17.3 Å². The van der Waals surface area contributed by atoms with Gasteiger partial charge >= 0.3 is 11.9 Å². The van der Waals surface area contributed by atoms with Crippen molar-refractivity contribution in [3.8, 4) is 0 Å². The third-order valence-corrected chi connectivity index (χ3v) is 2.45. The normalized spacial score (nSPS) is 11.4. The zero-order valence-electron chi connectivity index (χ0n) is 9.25. The van der Waals surface area contributed by atoms with Crippen molar-refractivity contribution in [2.75, 3.05) is 0 Å². The van der Waals surface area contributed by atoms with E-state index in [2.05, 4.69) is 5.10 Å². The van der Waals surface area contributed by atoms with Crippen LogP contribution in [0.15, 0.2) is 42.7 Å². The predicted octanol–water partition coefficient (Wildman–Crippen LogP) is 2.11. The second-order valence-electron chi connectivity index (χ2n) is 3.79. The maximum atomic E-state index is 13.2. The highest BCUT2D eigenvalue weighted by molar-refractivity contribution is 5.76. The SMILES string of the molecule is O=C(O)C(F)(F)c1cnn(Cc2ccccc2)c1. The number of hydrogen-bond acceptors (Lipinski definition) is 2. The number of carboxylic acid groups (broad SMARTS) is 1. The summed E-state index contributed by atoms with van der Waals surface area (Å²) in [6.07, 6.45) is 1.91. The smallest absolute Gasteiger partial charge is 0.379 e. The second kappa shape index (κ2) is 4.56. The molecule has 0 atom stereocenters. The summed E-state index contributed by atoms with van der Waals surface area (Å²) in [5.41, 5.74) is 0.275. The quantitative estimate of drug-likeness (QED) is 0.906. The van der Waals surface area contributed by atoms with Crippen molar-refractivity contribution in [2.24, 2.45) is 0 Å². The molecule has 0 saturated heterocycles. The van der Waals surface area contributed by atoms with E-state index >= 15 is 0 Å². The first-order valence-corrected chi connectivity index (χ1v) is 5.18. The monoisotopic (exact) mass is 252 g/mol. The first kappa shape index (κ1) is 12.2.